The number of aromatic nitrogens is 2. The van der Waals surface area contributed by atoms with Gasteiger partial charge in [0, 0.05) is 24.8 Å². The van der Waals surface area contributed by atoms with Gasteiger partial charge in [-0.1, -0.05) is 13.8 Å². The van der Waals surface area contributed by atoms with Gasteiger partial charge in [0.15, 0.2) is 0 Å². The molecule has 0 atom stereocenters. The molecule has 1 aliphatic rings. The lowest BCUT2D eigenvalue weighted by atomic mass is 9.83. The summed E-state index contributed by atoms with van der Waals surface area (Å²) in [5.74, 6) is 0.966. The van der Waals surface area contributed by atoms with E-state index in [0.717, 1.165) is 24.6 Å². The van der Waals surface area contributed by atoms with Gasteiger partial charge < -0.3 is 4.90 Å². The molecule has 2 heterocycles. The van der Waals surface area contributed by atoms with Crippen LogP contribution >= 0.6 is 11.6 Å². The largest absolute Gasteiger partial charge is 0.356 e. The first-order valence-electron chi connectivity index (χ1n) is 5.72. The minimum Gasteiger partial charge on any atom is -0.356 e. The molecular weight excluding hydrogens is 222 g/mol. The summed E-state index contributed by atoms with van der Waals surface area (Å²) >= 11 is 5.88. The maximum Gasteiger partial charge on any atom is 0.224 e. The van der Waals surface area contributed by atoms with E-state index in [2.05, 4.69) is 28.7 Å². The van der Waals surface area contributed by atoms with Crippen molar-refractivity contribution in [3.05, 3.63) is 17.0 Å². The summed E-state index contributed by atoms with van der Waals surface area (Å²) in [4.78, 5) is 10.7. The van der Waals surface area contributed by atoms with Crippen molar-refractivity contribution in [3.63, 3.8) is 0 Å². The lowest BCUT2D eigenvalue weighted by Crippen LogP contribution is -2.37. The lowest BCUT2D eigenvalue weighted by molar-refractivity contribution is 0.279. The average Bonchev–Trinajstić information content (AvgIpc) is 2.15. The minimum atomic E-state index is 0.347. The smallest absolute Gasteiger partial charge is 0.224 e. The molecule has 1 saturated heterocycles. The van der Waals surface area contributed by atoms with E-state index in [-0.39, 0.29) is 0 Å². The zero-order valence-electron chi connectivity index (χ0n) is 10.1. The number of piperidine rings is 1. The molecule has 1 aliphatic heterocycles. The Balaban J connectivity index is 2.14. The third-order valence-corrected chi connectivity index (χ3v) is 3.42. The molecule has 1 aromatic heterocycles. The van der Waals surface area contributed by atoms with Crippen molar-refractivity contribution in [2.75, 3.05) is 18.0 Å². The van der Waals surface area contributed by atoms with Crippen molar-refractivity contribution in [1.82, 2.24) is 9.97 Å². The average molecular weight is 240 g/mol. The fraction of sp³-hybridized carbons (Fsp3) is 0.667. The fourth-order valence-corrected chi connectivity index (χ4v) is 2.24. The van der Waals surface area contributed by atoms with Crippen LogP contribution in [-0.4, -0.2) is 23.1 Å². The summed E-state index contributed by atoms with van der Waals surface area (Å²) in [5, 5.41) is 0.347. The van der Waals surface area contributed by atoms with Crippen molar-refractivity contribution < 1.29 is 0 Å². The third kappa shape index (κ3) is 2.64. The van der Waals surface area contributed by atoms with Gasteiger partial charge in [-0.25, -0.2) is 9.97 Å². The van der Waals surface area contributed by atoms with E-state index >= 15 is 0 Å². The Morgan fingerprint density at radius 3 is 2.44 bits per heavy atom. The van der Waals surface area contributed by atoms with Gasteiger partial charge in [-0.15, -0.1) is 0 Å². The van der Waals surface area contributed by atoms with Crippen LogP contribution in [0.2, 0.25) is 5.28 Å². The highest BCUT2D eigenvalue weighted by atomic mass is 35.5. The van der Waals surface area contributed by atoms with Gasteiger partial charge in [0.05, 0.1) is 0 Å². The van der Waals surface area contributed by atoms with Crippen LogP contribution < -0.4 is 4.90 Å². The second-order valence-electron chi connectivity index (χ2n) is 5.29. The van der Waals surface area contributed by atoms with E-state index in [4.69, 9.17) is 11.6 Å². The van der Waals surface area contributed by atoms with E-state index in [0.29, 0.717) is 10.7 Å². The molecule has 0 radical (unpaired) electrons. The van der Waals surface area contributed by atoms with Crippen molar-refractivity contribution in [1.29, 1.82) is 0 Å². The second kappa shape index (κ2) is 4.21. The Bertz CT molecular complexity index is 360. The van der Waals surface area contributed by atoms with Crippen molar-refractivity contribution in [2.45, 2.75) is 33.6 Å². The van der Waals surface area contributed by atoms with Gasteiger partial charge in [-0.05, 0) is 36.8 Å². The maximum absolute atomic E-state index is 5.88. The Hall–Kier alpha value is -0.830. The summed E-state index contributed by atoms with van der Waals surface area (Å²) in [6.45, 7) is 8.70. The van der Waals surface area contributed by atoms with Crippen molar-refractivity contribution in [3.8, 4) is 0 Å². The molecule has 0 amide bonds. The molecule has 4 heteroatoms. The zero-order valence-corrected chi connectivity index (χ0v) is 10.9. The Kier molecular flexibility index (Phi) is 3.06. The number of hydrogen-bond donors (Lipinski definition) is 0. The van der Waals surface area contributed by atoms with Gasteiger partial charge in [0.2, 0.25) is 5.28 Å². The van der Waals surface area contributed by atoms with Crippen LogP contribution in [0.1, 0.15) is 32.4 Å². The number of anilines is 1. The van der Waals surface area contributed by atoms with Crippen LogP contribution in [-0.2, 0) is 0 Å². The number of nitrogens with zero attached hydrogens (tertiary/aromatic N) is 3. The SMILES string of the molecule is Cc1cc(N2CCC(C)(C)CC2)nc(Cl)n1. The first kappa shape index (κ1) is 11.6. The maximum atomic E-state index is 5.88. The quantitative estimate of drug-likeness (QED) is 0.706. The molecule has 16 heavy (non-hydrogen) atoms. The normalized spacial score (nSPS) is 19.9. The minimum absolute atomic E-state index is 0.347. The van der Waals surface area contributed by atoms with E-state index in [1.165, 1.54) is 12.8 Å². The Labute approximate surface area is 102 Å². The van der Waals surface area contributed by atoms with Gasteiger partial charge >= 0.3 is 0 Å². The van der Waals surface area contributed by atoms with Crippen LogP contribution in [0.4, 0.5) is 5.82 Å². The fourth-order valence-electron chi connectivity index (χ4n) is 2.02. The molecule has 0 spiro atoms. The Morgan fingerprint density at radius 2 is 1.88 bits per heavy atom. The van der Waals surface area contributed by atoms with Crippen molar-refractivity contribution >= 4 is 17.4 Å². The molecule has 2 rings (SSSR count). The summed E-state index contributed by atoms with van der Waals surface area (Å²) in [6, 6.07) is 2.00. The molecule has 3 nitrogen and oxygen atoms in total. The third-order valence-electron chi connectivity index (χ3n) is 3.25. The second-order valence-corrected chi connectivity index (χ2v) is 5.63. The van der Waals surface area contributed by atoms with Crippen LogP contribution in [0, 0.1) is 12.3 Å². The highest BCUT2D eigenvalue weighted by Gasteiger charge is 2.26. The first-order chi connectivity index (χ1) is 7.46. The highest BCUT2D eigenvalue weighted by Crippen LogP contribution is 2.31. The Morgan fingerprint density at radius 1 is 1.25 bits per heavy atom. The summed E-state index contributed by atoms with van der Waals surface area (Å²) in [7, 11) is 0. The lowest BCUT2D eigenvalue weighted by Gasteiger charge is -2.37. The van der Waals surface area contributed by atoms with Crippen molar-refractivity contribution in [2.24, 2.45) is 5.41 Å². The van der Waals surface area contributed by atoms with E-state index in [1.807, 2.05) is 13.0 Å². The van der Waals surface area contributed by atoms with Gasteiger partial charge in [0.25, 0.3) is 0 Å². The molecule has 0 aliphatic carbocycles. The molecule has 0 saturated carbocycles. The summed E-state index contributed by atoms with van der Waals surface area (Å²) in [6.07, 6.45) is 2.40. The molecule has 88 valence electrons. The van der Waals surface area contributed by atoms with Gasteiger partial charge in [0.1, 0.15) is 5.82 Å². The molecule has 0 unspecified atom stereocenters. The van der Waals surface area contributed by atoms with E-state index in [9.17, 15) is 0 Å². The zero-order chi connectivity index (χ0) is 11.8. The van der Waals surface area contributed by atoms with E-state index in [1.54, 1.807) is 0 Å². The van der Waals surface area contributed by atoms with Gasteiger partial charge in [-0.2, -0.15) is 0 Å². The topological polar surface area (TPSA) is 29.0 Å². The number of aryl methyl sites for hydroxylation is 1. The number of halogens is 1. The summed E-state index contributed by atoms with van der Waals surface area (Å²) < 4.78 is 0. The summed E-state index contributed by atoms with van der Waals surface area (Å²) in [5.41, 5.74) is 1.39. The standard InChI is InChI=1S/C12H18ClN3/c1-9-8-10(15-11(13)14-9)16-6-4-12(2,3)5-7-16/h8H,4-7H2,1-3H3. The predicted octanol–water partition coefficient (Wildman–Crippen LogP) is 3.06. The van der Waals surface area contributed by atoms with Gasteiger partial charge in [-0.3, -0.25) is 0 Å². The highest BCUT2D eigenvalue weighted by molar-refractivity contribution is 6.28. The van der Waals surface area contributed by atoms with Crippen LogP contribution in [0.3, 0.4) is 0 Å². The number of hydrogen-bond acceptors (Lipinski definition) is 3. The molecule has 0 aromatic carbocycles. The molecule has 1 aromatic rings. The van der Waals surface area contributed by atoms with Crippen LogP contribution in [0.25, 0.3) is 0 Å². The predicted molar refractivity (Wildman–Crippen MR) is 67.0 cm³/mol. The van der Waals surface area contributed by atoms with Crippen LogP contribution in [0.5, 0.6) is 0 Å². The van der Waals surface area contributed by atoms with E-state index < -0.39 is 0 Å². The molecular formula is C12H18ClN3. The first-order valence-corrected chi connectivity index (χ1v) is 6.10. The monoisotopic (exact) mass is 239 g/mol. The number of rotatable bonds is 1. The molecule has 0 N–H and O–H groups in total. The molecule has 0 bridgehead atoms. The van der Waals surface area contributed by atoms with Crippen LogP contribution in [0.15, 0.2) is 6.07 Å². The molecule has 1 fully saturated rings.